The van der Waals surface area contributed by atoms with Gasteiger partial charge in [-0.2, -0.15) is 0 Å². The molecule has 78 valence electrons. The summed E-state index contributed by atoms with van der Waals surface area (Å²) in [6.07, 6.45) is 0. The lowest BCUT2D eigenvalue weighted by molar-refractivity contribution is 0.0497. The molecule has 2 heterocycles. The van der Waals surface area contributed by atoms with E-state index < -0.39 is 0 Å². The molecule has 1 fully saturated rings. The van der Waals surface area contributed by atoms with Crippen molar-refractivity contribution in [2.45, 2.75) is 13.8 Å². The smallest absolute Gasteiger partial charge is 0.197 e. The number of hydrogen-bond acceptors (Lipinski definition) is 5. The van der Waals surface area contributed by atoms with Crippen molar-refractivity contribution in [2.75, 3.05) is 31.7 Å². The minimum Gasteiger partial charge on any atom is -0.379 e. The van der Waals surface area contributed by atoms with E-state index in [2.05, 4.69) is 22.3 Å². The number of aryl methyl sites for hydroxylation is 2. The lowest BCUT2D eigenvalue weighted by Crippen LogP contribution is -2.40. The molecule has 0 radical (unpaired) electrons. The van der Waals surface area contributed by atoms with Gasteiger partial charge in [-0.25, -0.2) is 9.99 Å². The molecule has 0 saturated carbocycles. The van der Waals surface area contributed by atoms with Gasteiger partial charge in [-0.15, -0.1) is 11.3 Å². The van der Waals surface area contributed by atoms with Crippen LogP contribution in [0.15, 0.2) is 0 Å². The van der Waals surface area contributed by atoms with E-state index in [9.17, 15) is 0 Å². The molecule has 5 heteroatoms. The van der Waals surface area contributed by atoms with Crippen LogP contribution in [0.25, 0.3) is 0 Å². The van der Waals surface area contributed by atoms with Crippen LogP contribution in [0.5, 0.6) is 0 Å². The predicted octanol–water partition coefficient (Wildman–Crippen LogP) is 1.42. The predicted molar refractivity (Wildman–Crippen MR) is 57.6 cm³/mol. The number of nitrogens with zero attached hydrogens (tertiary/aromatic N) is 2. The first kappa shape index (κ1) is 9.89. The van der Waals surface area contributed by atoms with E-state index in [1.807, 2.05) is 6.92 Å². The van der Waals surface area contributed by atoms with Gasteiger partial charge in [-0.3, -0.25) is 5.43 Å². The first-order chi connectivity index (χ1) is 6.75. The molecule has 4 nitrogen and oxygen atoms in total. The number of thiazole rings is 1. The summed E-state index contributed by atoms with van der Waals surface area (Å²) >= 11 is 1.70. The largest absolute Gasteiger partial charge is 0.379 e. The van der Waals surface area contributed by atoms with E-state index in [-0.39, 0.29) is 0 Å². The van der Waals surface area contributed by atoms with E-state index >= 15 is 0 Å². The highest BCUT2D eigenvalue weighted by Gasteiger charge is 2.12. The van der Waals surface area contributed by atoms with Crippen LogP contribution in [0.4, 0.5) is 5.13 Å². The first-order valence-corrected chi connectivity index (χ1v) is 5.61. The van der Waals surface area contributed by atoms with Crippen molar-refractivity contribution in [3.63, 3.8) is 0 Å². The van der Waals surface area contributed by atoms with Gasteiger partial charge in [0.2, 0.25) is 0 Å². The number of anilines is 1. The van der Waals surface area contributed by atoms with Crippen LogP contribution in [0.3, 0.4) is 0 Å². The number of aromatic nitrogens is 1. The maximum absolute atomic E-state index is 5.27. The van der Waals surface area contributed by atoms with Crippen LogP contribution >= 0.6 is 11.3 Å². The monoisotopic (exact) mass is 213 g/mol. The van der Waals surface area contributed by atoms with Crippen LogP contribution in [0.1, 0.15) is 10.6 Å². The average molecular weight is 213 g/mol. The summed E-state index contributed by atoms with van der Waals surface area (Å²) in [5.74, 6) is 0. The molecule has 0 bridgehead atoms. The molecular weight excluding hydrogens is 198 g/mol. The molecule has 1 N–H and O–H groups in total. The fourth-order valence-electron chi connectivity index (χ4n) is 1.33. The fourth-order valence-corrected chi connectivity index (χ4v) is 2.17. The van der Waals surface area contributed by atoms with Crippen molar-refractivity contribution in [1.29, 1.82) is 0 Å². The van der Waals surface area contributed by atoms with Gasteiger partial charge in [-0.1, -0.05) is 0 Å². The Bertz CT molecular complexity index is 288. The highest BCUT2D eigenvalue weighted by atomic mass is 32.1. The third-order valence-corrected chi connectivity index (χ3v) is 3.27. The Kier molecular flexibility index (Phi) is 3.00. The molecule has 0 aliphatic carbocycles. The summed E-state index contributed by atoms with van der Waals surface area (Å²) in [7, 11) is 0. The van der Waals surface area contributed by atoms with Crippen LogP contribution in [-0.4, -0.2) is 36.3 Å². The summed E-state index contributed by atoms with van der Waals surface area (Å²) in [5.41, 5.74) is 4.42. The summed E-state index contributed by atoms with van der Waals surface area (Å²) < 4.78 is 5.27. The number of hydrazine groups is 1. The lowest BCUT2D eigenvalue weighted by atomic mass is 10.4. The van der Waals surface area contributed by atoms with E-state index in [1.54, 1.807) is 11.3 Å². The Morgan fingerprint density at radius 1 is 1.36 bits per heavy atom. The van der Waals surface area contributed by atoms with Gasteiger partial charge in [-0.05, 0) is 13.8 Å². The molecule has 1 aromatic rings. The van der Waals surface area contributed by atoms with Crippen molar-refractivity contribution in [3.8, 4) is 0 Å². The second-order valence-electron chi connectivity index (χ2n) is 3.37. The molecule has 14 heavy (non-hydrogen) atoms. The molecule has 0 amide bonds. The van der Waals surface area contributed by atoms with Crippen molar-refractivity contribution in [1.82, 2.24) is 9.99 Å². The van der Waals surface area contributed by atoms with Crippen LogP contribution in [0, 0.1) is 13.8 Å². The molecule has 0 aromatic carbocycles. The normalized spacial score (nSPS) is 18.4. The maximum atomic E-state index is 5.27. The Morgan fingerprint density at radius 2 is 2.07 bits per heavy atom. The second kappa shape index (κ2) is 4.25. The van der Waals surface area contributed by atoms with Crippen LogP contribution < -0.4 is 5.43 Å². The highest BCUT2D eigenvalue weighted by Crippen LogP contribution is 2.21. The van der Waals surface area contributed by atoms with Gasteiger partial charge in [0, 0.05) is 18.0 Å². The Labute approximate surface area is 87.9 Å². The van der Waals surface area contributed by atoms with E-state index in [0.717, 1.165) is 37.1 Å². The Hall–Kier alpha value is -0.650. The zero-order valence-corrected chi connectivity index (χ0v) is 9.36. The summed E-state index contributed by atoms with van der Waals surface area (Å²) in [6.45, 7) is 7.59. The van der Waals surface area contributed by atoms with E-state index in [1.165, 1.54) is 4.88 Å². The minimum absolute atomic E-state index is 0.802. The molecule has 1 aliphatic rings. The van der Waals surface area contributed by atoms with Gasteiger partial charge >= 0.3 is 0 Å². The highest BCUT2D eigenvalue weighted by molar-refractivity contribution is 7.15. The Balaban J connectivity index is 1.95. The molecule has 0 spiro atoms. The summed E-state index contributed by atoms with van der Waals surface area (Å²) in [5, 5.41) is 3.14. The van der Waals surface area contributed by atoms with Crippen LogP contribution in [0.2, 0.25) is 0 Å². The number of morpholine rings is 1. The van der Waals surface area contributed by atoms with E-state index in [4.69, 9.17) is 4.74 Å². The van der Waals surface area contributed by atoms with Gasteiger partial charge in [0.05, 0.1) is 18.9 Å². The number of rotatable bonds is 2. The zero-order chi connectivity index (χ0) is 9.97. The fraction of sp³-hybridized carbons (Fsp3) is 0.667. The van der Waals surface area contributed by atoms with Crippen molar-refractivity contribution < 1.29 is 4.74 Å². The number of nitrogens with one attached hydrogen (secondary N) is 1. The van der Waals surface area contributed by atoms with Gasteiger partial charge in [0.25, 0.3) is 0 Å². The Morgan fingerprint density at radius 3 is 2.64 bits per heavy atom. The zero-order valence-electron chi connectivity index (χ0n) is 8.54. The third-order valence-electron chi connectivity index (χ3n) is 2.29. The molecule has 0 unspecified atom stereocenters. The molecule has 1 saturated heterocycles. The molecule has 2 rings (SSSR count). The SMILES string of the molecule is Cc1nc(NN2CCOCC2)sc1C. The van der Waals surface area contributed by atoms with Crippen molar-refractivity contribution in [2.24, 2.45) is 0 Å². The summed E-state index contributed by atoms with van der Waals surface area (Å²) in [4.78, 5) is 5.71. The lowest BCUT2D eigenvalue weighted by Gasteiger charge is -2.26. The molecule has 1 aliphatic heterocycles. The van der Waals surface area contributed by atoms with Crippen LogP contribution in [-0.2, 0) is 4.74 Å². The molecular formula is C9H15N3OS. The van der Waals surface area contributed by atoms with Gasteiger partial charge in [0.15, 0.2) is 5.13 Å². The standard InChI is InChI=1S/C9H15N3OS/c1-7-8(2)14-9(10-7)11-12-3-5-13-6-4-12/h3-6H2,1-2H3,(H,10,11). The molecule has 1 aromatic heterocycles. The van der Waals surface area contributed by atoms with Crippen molar-refractivity contribution >= 4 is 16.5 Å². The quantitative estimate of drug-likeness (QED) is 0.806. The first-order valence-electron chi connectivity index (χ1n) is 4.79. The number of hydrogen-bond donors (Lipinski definition) is 1. The van der Waals surface area contributed by atoms with Crippen molar-refractivity contribution in [3.05, 3.63) is 10.6 Å². The van der Waals surface area contributed by atoms with E-state index in [0.29, 0.717) is 0 Å². The molecule has 0 atom stereocenters. The maximum Gasteiger partial charge on any atom is 0.197 e. The second-order valence-corrected chi connectivity index (χ2v) is 4.58. The topological polar surface area (TPSA) is 37.4 Å². The average Bonchev–Trinajstić information content (AvgIpc) is 2.47. The third kappa shape index (κ3) is 2.23. The van der Waals surface area contributed by atoms with Gasteiger partial charge < -0.3 is 4.74 Å². The number of ether oxygens (including phenoxy) is 1. The minimum atomic E-state index is 0.802. The summed E-state index contributed by atoms with van der Waals surface area (Å²) in [6, 6.07) is 0. The van der Waals surface area contributed by atoms with Gasteiger partial charge in [0.1, 0.15) is 0 Å².